The molecular weight excluding hydrogens is 168 g/mol. The number of benzene rings is 1. The first kappa shape index (κ1) is 11.0. The average Bonchev–Trinajstić information content (AvgIpc) is 2.26. The van der Waals surface area contributed by atoms with Crippen LogP contribution >= 0.6 is 0 Å². The van der Waals surface area contributed by atoms with Gasteiger partial charge in [0.2, 0.25) is 0 Å². The molecule has 0 spiro atoms. The summed E-state index contributed by atoms with van der Waals surface area (Å²) in [6.07, 6.45) is 3.82. The Bertz CT molecular complexity index is 271. The fraction of sp³-hybridized carbons (Fsp3) is 0.429. The molecule has 14 heavy (non-hydrogen) atoms. The van der Waals surface area contributed by atoms with Crippen LogP contribution in [0.25, 0.3) is 5.57 Å². The fourth-order valence-electron chi connectivity index (χ4n) is 1.62. The van der Waals surface area contributed by atoms with E-state index in [1.54, 1.807) is 0 Å². The van der Waals surface area contributed by atoms with E-state index in [0.29, 0.717) is 5.92 Å². The molecule has 0 heteroatoms. The standard InChI is InChI=1S/C14H20/c1-4-5-9-12(2)13(3)14-10-7-6-8-11-14/h6-8,10-12H,3-5,9H2,1-2H3. The fourth-order valence-corrected chi connectivity index (χ4v) is 1.62. The van der Waals surface area contributed by atoms with Gasteiger partial charge in [0.05, 0.1) is 0 Å². The molecule has 1 aromatic carbocycles. The molecule has 1 atom stereocenters. The predicted molar refractivity (Wildman–Crippen MR) is 64.2 cm³/mol. The van der Waals surface area contributed by atoms with E-state index in [1.165, 1.54) is 30.4 Å². The molecule has 76 valence electrons. The number of unbranched alkanes of at least 4 members (excludes halogenated alkanes) is 1. The van der Waals surface area contributed by atoms with Crippen LogP contribution in [0, 0.1) is 5.92 Å². The second-order valence-corrected chi connectivity index (χ2v) is 3.93. The van der Waals surface area contributed by atoms with Crippen molar-refractivity contribution in [3.8, 4) is 0 Å². The molecule has 0 aliphatic carbocycles. The number of hydrogen-bond donors (Lipinski definition) is 0. The van der Waals surface area contributed by atoms with E-state index in [0.717, 1.165) is 0 Å². The average molecular weight is 188 g/mol. The van der Waals surface area contributed by atoms with Gasteiger partial charge in [0.25, 0.3) is 0 Å². The Morgan fingerprint density at radius 2 is 1.93 bits per heavy atom. The minimum Gasteiger partial charge on any atom is -0.0950 e. The molecule has 0 saturated carbocycles. The van der Waals surface area contributed by atoms with Crippen LogP contribution < -0.4 is 0 Å². The number of hydrogen-bond acceptors (Lipinski definition) is 0. The molecule has 0 aliphatic rings. The van der Waals surface area contributed by atoms with Crippen LogP contribution in [0.5, 0.6) is 0 Å². The highest BCUT2D eigenvalue weighted by Gasteiger charge is 2.07. The molecule has 0 amide bonds. The summed E-state index contributed by atoms with van der Waals surface area (Å²) in [5.41, 5.74) is 2.56. The van der Waals surface area contributed by atoms with Crippen LogP contribution in [0.15, 0.2) is 36.9 Å². The summed E-state index contributed by atoms with van der Waals surface area (Å²) in [7, 11) is 0. The smallest absolute Gasteiger partial charge is 0.0190 e. The summed E-state index contributed by atoms with van der Waals surface area (Å²) >= 11 is 0. The van der Waals surface area contributed by atoms with Crippen molar-refractivity contribution in [2.24, 2.45) is 5.92 Å². The van der Waals surface area contributed by atoms with Crippen molar-refractivity contribution in [1.29, 1.82) is 0 Å². The quantitative estimate of drug-likeness (QED) is 0.637. The molecule has 0 heterocycles. The van der Waals surface area contributed by atoms with Gasteiger partial charge in [0.1, 0.15) is 0 Å². The molecule has 0 aliphatic heterocycles. The van der Waals surface area contributed by atoms with Crippen LogP contribution in [0.3, 0.4) is 0 Å². The van der Waals surface area contributed by atoms with Crippen molar-refractivity contribution in [3.05, 3.63) is 42.5 Å². The lowest BCUT2D eigenvalue weighted by molar-refractivity contribution is 0.612. The molecule has 1 rings (SSSR count). The summed E-state index contributed by atoms with van der Waals surface area (Å²) in [5, 5.41) is 0. The van der Waals surface area contributed by atoms with Gasteiger partial charge in [-0.15, -0.1) is 0 Å². The van der Waals surface area contributed by atoms with Gasteiger partial charge >= 0.3 is 0 Å². The molecule has 0 aromatic heterocycles. The van der Waals surface area contributed by atoms with Gasteiger partial charge in [-0.3, -0.25) is 0 Å². The highest BCUT2D eigenvalue weighted by atomic mass is 14.1. The summed E-state index contributed by atoms with van der Waals surface area (Å²) in [6, 6.07) is 10.5. The lowest BCUT2D eigenvalue weighted by Gasteiger charge is -2.14. The van der Waals surface area contributed by atoms with E-state index >= 15 is 0 Å². The molecule has 1 unspecified atom stereocenters. The molecule has 0 radical (unpaired) electrons. The molecular formula is C14H20. The van der Waals surface area contributed by atoms with Gasteiger partial charge in [-0.25, -0.2) is 0 Å². The van der Waals surface area contributed by atoms with Gasteiger partial charge in [0, 0.05) is 0 Å². The first-order valence-electron chi connectivity index (χ1n) is 5.50. The second kappa shape index (κ2) is 5.64. The molecule has 0 bridgehead atoms. The lowest BCUT2D eigenvalue weighted by Crippen LogP contribution is -1.97. The van der Waals surface area contributed by atoms with Crippen molar-refractivity contribution in [1.82, 2.24) is 0 Å². The largest absolute Gasteiger partial charge is 0.0950 e. The minimum atomic E-state index is 0.609. The molecule has 1 aromatic rings. The third-order valence-electron chi connectivity index (χ3n) is 2.73. The van der Waals surface area contributed by atoms with Crippen LogP contribution in [0.1, 0.15) is 38.7 Å². The molecule has 0 nitrogen and oxygen atoms in total. The Morgan fingerprint density at radius 3 is 2.50 bits per heavy atom. The summed E-state index contributed by atoms with van der Waals surface area (Å²) in [5.74, 6) is 0.609. The lowest BCUT2D eigenvalue weighted by atomic mass is 9.91. The SMILES string of the molecule is C=C(c1ccccc1)C(C)CCCC. The molecule has 0 fully saturated rings. The van der Waals surface area contributed by atoms with Crippen molar-refractivity contribution in [2.45, 2.75) is 33.1 Å². The van der Waals surface area contributed by atoms with Crippen molar-refractivity contribution in [3.63, 3.8) is 0 Å². The normalized spacial score (nSPS) is 12.4. The van der Waals surface area contributed by atoms with Gasteiger partial charge in [-0.1, -0.05) is 63.6 Å². The Balaban J connectivity index is 2.57. The Labute approximate surface area is 87.7 Å². The molecule has 0 N–H and O–H groups in total. The first-order valence-corrected chi connectivity index (χ1v) is 5.50. The maximum absolute atomic E-state index is 4.18. The number of allylic oxidation sites excluding steroid dienone is 1. The number of rotatable bonds is 5. The zero-order valence-electron chi connectivity index (χ0n) is 9.29. The van der Waals surface area contributed by atoms with Gasteiger partial charge in [-0.2, -0.15) is 0 Å². The van der Waals surface area contributed by atoms with E-state index in [-0.39, 0.29) is 0 Å². The van der Waals surface area contributed by atoms with Crippen LogP contribution in [-0.4, -0.2) is 0 Å². The van der Waals surface area contributed by atoms with E-state index in [1.807, 2.05) is 6.07 Å². The van der Waals surface area contributed by atoms with E-state index < -0.39 is 0 Å². The van der Waals surface area contributed by atoms with Gasteiger partial charge < -0.3 is 0 Å². The van der Waals surface area contributed by atoms with Crippen LogP contribution in [0.4, 0.5) is 0 Å². The van der Waals surface area contributed by atoms with E-state index in [9.17, 15) is 0 Å². The monoisotopic (exact) mass is 188 g/mol. The van der Waals surface area contributed by atoms with Crippen LogP contribution in [0.2, 0.25) is 0 Å². The summed E-state index contributed by atoms with van der Waals surface area (Å²) in [6.45, 7) is 8.68. The summed E-state index contributed by atoms with van der Waals surface area (Å²) in [4.78, 5) is 0. The Morgan fingerprint density at radius 1 is 1.29 bits per heavy atom. The maximum Gasteiger partial charge on any atom is -0.0190 e. The van der Waals surface area contributed by atoms with Crippen molar-refractivity contribution in [2.75, 3.05) is 0 Å². The second-order valence-electron chi connectivity index (χ2n) is 3.93. The topological polar surface area (TPSA) is 0 Å². The Kier molecular flexibility index (Phi) is 4.45. The highest BCUT2D eigenvalue weighted by molar-refractivity contribution is 5.64. The third-order valence-corrected chi connectivity index (χ3v) is 2.73. The maximum atomic E-state index is 4.18. The highest BCUT2D eigenvalue weighted by Crippen LogP contribution is 2.24. The first-order chi connectivity index (χ1) is 6.75. The molecule has 0 saturated heterocycles. The van der Waals surface area contributed by atoms with Crippen molar-refractivity contribution >= 4 is 5.57 Å². The third kappa shape index (κ3) is 3.02. The zero-order valence-corrected chi connectivity index (χ0v) is 9.29. The van der Waals surface area contributed by atoms with E-state index in [4.69, 9.17) is 0 Å². The van der Waals surface area contributed by atoms with Crippen LogP contribution in [-0.2, 0) is 0 Å². The van der Waals surface area contributed by atoms with Gasteiger partial charge in [0.15, 0.2) is 0 Å². The van der Waals surface area contributed by atoms with Crippen molar-refractivity contribution < 1.29 is 0 Å². The minimum absolute atomic E-state index is 0.609. The van der Waals surface area contributed by atoms with Gasteiger partial charge in [-0.05, 0) is 23.5 Å². The Hall–Kier alpha value is -1.04. The summed E-state index contributed by atoms with van der Waals surface area (Å²) < 4.78 is 0. The zero-order chi connectivity index (χ0) is 10.4. The predicted octanol–water partition coefficient (Wildman–Crippen LogP) is 4.53. The van der Waals surface area contributed by atoms with E-state index in [2.05, 4.69) is 44.7 Å².